The van der Waals surface area contributed by atoms with Crippen molar-refractivity contribution in [3.63, 3.8) is 0 Å². The van der Waals surface area contributed by atoms with Crippen molar-refractivity contribution in [2.75, 3.05) is 18.0 Å². The number of hydrogen-bond donors (Lipinski definition) is 1. The average molecular weight is 275 g/mol. The number of rotatable bonds is 2. The van der Waals surface area contributed by atoms with Crippen LogP contribution in [0, 0.1) is 0 Å². The number of halogens is 3. The molecule has 5 nitrogen and oxygen atoms in total. The van der Waals surface area contributed by atoms with Gasteiger partial charge in [0.2, 0.25) is 5.82 Å². The molecule has 1 aliphatic heterocycles. The second-order valence-corrected chi connectivity index (χ2v) is 4.29. The molecule has 2 heterocycles. The molecule has 1 aromatic heterocycles. The number of anilines is 1. The molecule has 1 aliphatic rings. The van der Waals surface area contributed by atoms with Crippen LogP contribution in [-0.4, -0.2) is 34.1 Å². The number of carboxylic acids is 1. The van der Waals surface area contributed by atoms with E-state index in [1.54, 1.807) is 4.90 Å². The van der Waals surface area contributed by atoms with E-state index in [-0.39, 0.29) is 5.82 Å². The van der Waals surface area contributed by atoms with Gasteiger partial charge in [0.05, 0.1) is 0 Å². The highest BCUT2D eigenvalue weighted by atomic mass is 19.4. The van der Waals surface area contributed by atoms with Gasteiger partial charge >= 0.3 is 12.1 Å². The van der Waals surface area contributed by atoms with Crippen molar-refractivity contribution in [3.05, 3.63) is 17.6 Å². The molecular weight excluding hydrogens is 263 g/mol. The van der Waals surface area contributed by atoms with Gasteiger partial charge in [0, 0.05) is 19.2 Å². The molecular formula is C11H12F3N3O2. The Morgan fingerprint density at radius 2 is 1.84 bits per heavy atom. The number of nitrogens with zero attached hydrogens (tertiary/aromatic N) is 3. The zero-order chi connectivity index (χ0) is 14.0. The van der Waals surface area contributed by atoms with Crippen LogP contribution in [-0.2, 0) is 6.18 Å². The van der Waals surface area contributed by atoms with Crippen LogP contribution >= 0.6 is 0 Å². The Morgan fingerprint density at radius 3 is 2.37 bits per heavy atom. The molecule has 1 N–H and O–H groups in total. The third kappa shape index (κ3) is 3.12. The second-order valence-electron chi connectivity index (χ2n) is 4.29. The lowest BCUT2D eigenvalue weighted by atomic mass is 10.1. The van der Waals surface area contributed by atoms with Crippen LogP contribution in [0.4, 0.5) is 19.0 Å². The molecule has 0 aliphatic carbocycles. The van der Waals surface area contributed by atoms with E-state index >= 15 is 0 Å². The Balaban J connectivity index is 2.41. The van der Waals surface area contributed by atoms with Crippen molar-refractivity contribution in [1.82, 2.24) is 9.97 Å². The molecule has 1 saturated heterocycles. The summed E-state index contributed by atoms with van der Waals surface area (Å²) in [5, 5.41) is 8.82. The maximum Gasteiger partial charge on any atom is 0.451 e. The largest absolute Gasteiger partial charge is 0.477 e. The molecule has 8 heteroatoms. The molecule has 2 rings (SSSR count). The first kappa shape index (κ1) is 13.6. The van der Waals surface area contributed by atoms with E-state index < -0.39 is 23.7 Å². The smallest absolute Gasteiger partial charge is 0.451 e. The molecule has 104 valence electrons. The molecule has 0 amide bonds. The summed E-state index contributed by atoms with van der Waals surface area (Å²) >= 11 is 0. The van der Waals surface area contributed by atoms with Crippen LogP contribution in [0.2, 0.25) is 0 Å². The van der Waals surface area contributed by atoms with E-state index in [2.05, 4.69) is 9.97 Å². The normalized spacial score (nSPS) is 16.5. The maximum absolute atomic E-state index is 12.6. The molecule has 1 aromatic rings. The lowest BCUT2D eigenvalue weighted by molar-refractivity contribution is -0.144. The zero-order valence-corrected chi connectivity index (χ0v) is 9.94. The minimum absolute atomic E-state index is 0.0272. The van der Waals surface area contributed by atoms with Crippen molar-refractivity contribution < 1.29 is 23.1 Å². The molecule has 19 heavy (non-hydrogen) atoms. The second kappa shape index (κ2) is 5.02. The summed E-state index contributed by atoms with van der Waals surface area (Å²) < 4.78 is 37.9. The Bertz CT molecular complexity index is 485. The fourth-order valence-corrected chi connectivity index (χ4v) is 1.96. The van der Waals surface area contributed by atoms with Gasteiger partial charge in [0.15, 0.2) is 5.69 Å². The quantitative estimate of drug-likeness (QED) is 0.896. The van der Waals surface area contributed by atoms with E-state index in [4.69, 9.17) is 5.11 Å². The van der Waals surface area contributed by atoms with Gasteiger partial charge in [-0.3, -0.25) is 0 Å². The van der Waals surface area contributed by atoms with Crippen LogP contribution in [0.3, 0.4) is 0 Å². The van der Waals surface area contributed by atoms with Crippen molar-refractivity contribution in [2.45, 2.75) is 25.4 Å². The molecule has 1 fully saturated rings. The number of hydrogen-bond acceptors (Lipinski definition) is 4. The third-order valence-electron chi connectivity index (χ3n) is 2.87. The first-order valence-corrected chi connectivity index (χ1v) is 5.82. The van der Waals surface area contributed by atoms with Crippen LogP contribution in [0.5, 0.6) is 0 Å². The standard InChI is InChI=1S/C11H12F3N3O2/c12-11(13,14)10-15-7(9(18)19)6-8(16-10)17-4-2-1-3-5-17/h6H,1-5H2,(H,18,19). The van der Waals surface area contributed by atoms with Crippen LogP contribution in [0.25, 0.3) is 0 Å². The fourth-order valence-electron chi connectivity index (χ4n) is 1.96. The van der Waals surface area contributed by atoms with Gasteiger partial charge in [-0.25, -0.2) is 14.8 Å². The van der Waals surface area contributed by atoms with Gasteiger partial charge in [-0.1, -0.05) is 0 Å². The fraction of sp³-hybridized carbons (Fsp3) is 0.545. The minimum Gasteiger partial charge on any atom is -0.477 e. The monoisotopic (exact) mass is 275 g/mol. The van der Waals surface area contributed by atoms with Crippen LogP contribution in [0.15, 0.2) is 6.07 Å². The van der Waals surface area contributed by atoms with Crippen molar-refractivity contribution in [3.8, 4) is 0 Å². The topological polar surface area (TPSA) is 66.3 Å². The Morgan fingerprint density at radius 1 is 1.21 bits per heavy atom. The molecule has 0 unspecified atom stereocenters. The Hall–Kier alpha value is -1.86. The third-order valence-corrected chi connectivity index (χ3v) is 2.87. The lowest BCUT2D eigenvalue weighted by Crippen LogP contribution is -2.31. The van der Waals surface area contributed by atoms with Gasteiger partial charge < -0.3 is 10.0 Å². The van der Waals surface area contributed by atoms with E-state index in [1.165, 1.54) is 0 Å². The Kier molecular flexibility index (Phi) is 3.59. The maximum atomic E-state index is 12.6. The lowest BCUT2D eigenvalue weighted by Gasteiger charge is -2.28. The van der Waals surface area contributed by atoms with E-state index in [9.17, 15) is 18.0 Å². The summed E-state index contributed by atoms with van der Waals surface area (Å²) in [6.07, 6.45) is -2.03. The summed E-state index contributed by atoms with van der Waals surface area (Å²) in [4.78, 5) is 19.0. The molecule has 0 aromatic carbocycles. The number of aromatic nitrogens is 2. The predicted octanol–water partition coefficient (Wildman–Crippen LogP) is 2.18. The summed E-state index contributed by atoms with van der Waals surface area (Å²) in [6.45, 7) is 1.15. The first-order chi connectivity index (χ1) is 8.88. The highest BCUT2D eigenvalue weighted by Gasteiger charge is 2.36. The van der Waals surface area contributed by atoms with Gasteiger partial charge in [0.25, 0.3) is 0 Å². The zero-order valence-electron chi connectivity index (χ0n) is 9.94. The van der Waals surface area contributed by atoms with Gasteiger partial charge in [0.1, 0.15) is 5.82 Å². The summed E-state index contributed by atoms with van der Waals surface area (Å²) in [6, 6.07) is 1.09. The van der Waals surface area contributed by atoms with Crippen molar-refractivity contribution in [2.24, 2.45) is 0 Å². The highest BCUT2D eigenvalue weighted by molar-refractivity contribution is 5.86. The van der Waals surface area contributed by atoms with Crippen molar-refractivity contribution in [1.29, 1.82) is 0 Å². The number of alkyl halides is 3. The summed E-state index contributed by atoms with van der Waals surface area (Å²) in [5.74, 6) is -2.88. The number of carbonyl (C=O) groups is 1. The molecule has 0 bridgehead atoms. The first-order valence-electron chi connectivity index (χ1n) is 5.82. The van der Waals surface area contributed by atoms with Gasteiger partial charge in [-0.15, -0.1) is 0 Å². The predicted molar refractivity (Wildman–Crippen MR) is 60.1 cm³/mol. The summed E-state index contributed by atoms with van der Waals surface area (Å²) in [7, 11) is 0. The highest BCUT2D eigenvalue weighted by Crippen LogP contribution is 2.28. The average Bonchev–Trinajstić information content (AvgIpc) is 2.38. The molecule has 0 radical (unpaired) electrons. The number of carboxylic acid groups (broad SMARTS) is 1. The van der Waals surface area contributed by atoms with E-state index in [1.807, 2.05) is 0 Å². The van der Waals surface area contributed by atoms with Gasteiger partial charge in [-0.05, 0) is 19.3 Å². The van der Waals surface area contributed by atoms with E-state index in [0.29, 0.717) is 13.1 Å². The van der Waals surface area contributed by atoms with Crippen LogP contribution in [0.1, 0.15) is 35.6 Å². The molecule has 0 saturated carbocycles. The minimum atomic E-state index is -4.75. The van der Waals surface area contributed by atoms with Gasteiger partial charge in [-0.2, -0.15) is 13.2 Å². The SMILES string of the molecule is O=C(O)c1cc(N2CCCCC2)nc(C(F)(F)F)n1. The molecule has 0 atom stereocenters. The van der Waals surface area contributed by atoms with E-state index in [0.717, 1.165) is 25.3 Å². The molecule has 0 spiro atoms. The number of aromatic carboxylic acids is 1. The Labute approximate surface area is 107 Å². The van der Waals surface area contributed by atoms with Crippen LogP contribution < -0.4 is 4.90 Å². The summed E-state index contributed by atoms with van der Waals surface area (Å²) in [5.41, 5.74) is -0.636. The van der Waals surface area contributed by atoms with Crippen molar-refractivity contribution >= 4 is 11.8 Å². The number of piperidine rings is 1.